The van der Waals surface area contributed by atoms with E-state index in [2.05, 4.69) is 19.9 Å². The molecule has 2 aromatic heterocycles. The summed E-state index contributed by atoms with van der Waals surface area (Å²) in [6, 6.07) is 0.684. The quantitative estimate of drug-likeness (QED) is 0.928. The molecule has 128 valence electrons. The zero-order valence-electron chi connectivity index (χ0n) is 13.4. The molecule has 1 amide bonds. The van der Waals surface area contributed by atoms with E-state index in [1.54, 1.807) is 11.1 Å². The average Bonchev–Trinajstić information content (AvgIpc) is 2.80. The van der Waals surface area contributed by atoms with Crippen LogP contribution in [0.1, 0.15) is 28.4 Å². The smallest absolute Gasteiger partial charge is 0.275 e. The van der Waals surface area contributed by atoms with E-state index in [0.29, 0.717) is 32.2 Å². The van der Waals surface area contributed by atoms with Crippen molar-refractivity contribution in [3.63, 3.8) is 0 Å². The molecule has 0 bridgehead atoms. The molecule has 0 aromatic carbocycles. The summed E-state index contributed by atoms with van der Waals surface area (Å²) in [5.41, 5.74) is 0.681. The van der Waals surface area contributed by atoms with Gasteiger partial charge in [-0.2, -0.15) is 0 Å². The van der Waals surface area contributed by atoms with E-state index in [9.17, 15) is 13.6 Å². The van der Waals surface area contributed by atoms with Gasteiger partial charge in [-0.3, -0.25) is 9.69 Å². The monoisotopic (exact) mass is 335 g/mol. The van der Waals surface area contributed by atoms with Gasteiger partial charge in [0.2, 0.25) is 0 Å². The first-order valence-corrected chi connectivity index (χ1v) is 7.86. The summed E-state index contributed by atoms with van der Waals surface area (Å²) in [4.78, 5) is 27.3. The van der Waals surface area contributed by atoms with Gasteiger partial charge < -0.3 is 9.88 Å². The van der Waals surface area contributed by atoms with Crippen molar-refractivity contribution in [2.45, 2.75) is 19.9 Å². The van der Waals surface area contributed by atoms with E-state index in [0.717, 1.165) is 30.7 Å². The van der Waals surface area contributed by atoms with Crippen LogP contribution in [-0.2, 0) is 6.54 Å². The number of hydrogen-bond donors (Lipinski definition) is 1. The van der Waals surface area contributed by atoms with Gasteiger partial charge in [-0.25, -0.2) is 18.7 Å². The van der Waals surface area contributed by atoms with Crippen LogP contribution in [0.25, 0.3) is 0 Å². The number of aromatic amines is 1. The maximum atomic E-state index is 13.8. The Bertz CT molecular complexity index is 733. The van der Waals surface area contributed by atoms with Crippen molar-refractivity contribution < 1.29 is 13.6 Å². The molecule has 6 nitrogen and oxygen atoms in total. The highest BCUT2D eigenvalue weighted by atomic mass is 19.1. The van der Waals surface area contributed by atoms with Gasteiger partial charge in [-0.15, -0.1) is 0 Å². The van der Waals surface area contributed by atoms with E-state index in [-0.39, 0.29) is 5.69 Å². The van der Waals surface area contributed by atoms with E-state index < -0.39 is 17.5 Å². The second-order valence-electron chi connectivity index (χ2n) is 5.92. The predicted molar refractivity (Wildman–Crippen MR) is 83.3 cm³/mol. The highest BCUT2D eigenvalue weighted by Crippen LogP contribution is 2.13. The molecule has 1 saturated heterocycles. The van der Waals surface area contributed by atoms with E-state index in [4.69, 9.17) is 0 Å². The van der Waals surface area contributed by atoms with E-state index >= 15 is 0 Å². The Hall–Kier alpha value is -2.35. The van der Waals surface area contributed by atoms with Crippen LogP contribution >= 0.6 is 0 Å². The lowest BCUT2D eigenvalue weighted by Crippen LogP contribution is -2.36. The molecule has 1 fully saturated rings. The molecule has 2 aromatic rings. The van der Waals surface area contributed by atoms with Crippen molar-refractivity contribution in [3.8, 4) is 0 Å². The predicted octanol–water partition coefficient (Wildman–Crippen LogP) is 1.74. The van der Waals surface area contributed by atoms with Crippen LogP contribution in [0.4, 0.5) is 8.78 Å². The van der Waals surface area contributed by atoms with Crippen LogP contribution in [0.15, 0.2) is 18.5 Å². The normalized spacial score (nSPS) is 16.2. The molecule has 1 N–H and O–H groups in total. The third kappa shape index (κ3) is 3.76. The van der Waals surface area contributed by atoms with Crippen molar-refractivity contribution in [2.24, 2.45) is 0 Å². The van der Waals surface area contributed by atoms with Gasteiger partial charge in [-0.05, 0) is 13.3 Å². The minimum atomic E-state index is -0.924. The van der Waals surface area contributed by atoms with E-state index in [1.165, 1.54) is 0 Å². The van der Waals surface area contributed by atoms with Crippen molar-refractivity contribution in [1.29, 1.82) is 0 Å². The standard InChI is InChI=1S/C16H19F2N5O/c1-11-8-19-14(21-11)10-22-3-2-4-23(6-5-22)16(24)15-13(18)7-12(17)9-20-15/h7-9H,2-6,10H2,1H3,(H,19,21). The van der Waals surface area contributed by atoms with Crippen LogP contribution in [0.3, 0.4) is 0 Å². The number of aromatic nitrogens is 3. The number of carbonyl (C=O) groups excluding carboxylic acids is 1. The molecule has 8 heteroatoms. The first-order chi connectivity index (χ1) is 11.5. The fraction of sp³-hybridized carbons (Fsp3) is 0.438. The molecular weight excluding hydrogens is 316 g/mol. The number of pyridine rings is 1. The fourth-order valence-corrected chi connectivity index (χ4v) is 2.81. The lowest BCUT2D eigenvalue weighted by molar-refractivity contribution is 0.0749. The highest BCUT2D eigenvalue weighted by molar-refractivity contribution is 5.92. The number of rotatable bonds is 3. The largest absolute Gasteiger partial charge is 0.345 e. The number of aryl methyl sites for hydroxylation is 1. The van der Waals surface area contributed by atoms with Crippen molar-refractivity contribution >= 4 is 5.91 Å². The van der Waals surface area contributed by atoms with E-state index in [1.807, 2.05) is 6.92 Å². The van der Waals surface area contributed by atoms with Crippen molar-refractivity contribution in [3.05, 3.63) is 47.3 Å². The topological polar surface area (TPSA) is 65.1 Å². The lowest BCUT2D eigenvalue weighted by atomic mass is 10.3. The summed E-state index contributed by atoms with van der Waals surface area (Å²) in [5.74, 6) is -1.33. The third-order valence-electron chi connectivity index (χ3n) is 4.01. The number of halogens is 2. The minimum Gasteiger partial charge on any atom is -0.345 e. The lowest BCUT2D eigenvalue weighted by Gasteiger charge is -2.21. The molecule has 1 aliphatic heterocycles. The molecular formula is C16H19F2N5O. The number of H-pyrrole nitrogens is 1. The van der Waals surface area contributed by atoms with Crippen LogP contribution < -0.4 is 0 Å². The second-order valence-corrected chi connectivity index (χ2v) is 5.92. The highest BCUT2D eigenvalue weighted by Gasteiger charge is 2.24. The Morgan fingerprint density at radius 2 is 2.04 bits per heavy atom. The maximum absolute atomic E-state index is 13.8. The van der Waals surface area contributed by atoms with Gasteiger partial charge >= 0.3 is 0 Å². The molecule has 3 rings (SSSR count). The Labute approximate surface area is 138 Å². The fourth-order valence-electron chi connectivity index (χ4n) is 2.81. The maximum Gasteiger partial charge on any atom is 0.275 e. The van der Waals surface area contributed by atoms with Crippen molar-refractivity contribution in [2.75, 3.05) is 26.2 Å². The number of nitrogens with zero attached hydrogens (tertiary/aromatic N) is 4. The Morgan fingerprint density at radius 3 is 2.75 bits per heavy atom. The molecule has 3 heterocycles. The molecule has 0 unspecified atom stereocenters. The third-order valence-corrected chi connectivity index (χ3v) is 4.01. The average molecular weight is 335 g/mol. The molecule has 0 atom stereocenters. The van der Waals surface area contributed by atoms with Crippen LogP contribution in [0, 0.1) is 18.6 Å². The van der Waals surface area contributed by atoms with Gasteiger partial charge in [0.25, 0.3) is 5.91 Å². The van der Waals surface area contributed by atoms with Gasteiger partial charge in [0, 0.05) is 44.1 Å². The second kappa shape index (κ2) is 7.04. The first-order valence-electron chi connectivity index (χ1n) is 7.86. The number of carbonyl (C=O) groups is 1. The Balaban J connectivity index is 1.63. The molecule has 0 aliphatic carbocycles. The van der Waals surface area contributed by atoms with Gasteiger partial charge in [0.05, 0.1) is 12.7 Å². The number of imidazole rings is 1. The molecule has 0 spiro atoms. The summed E-state index contributed by atoms with van der Waals surface area (Å²) in [5, 5.41) is 0. The summed E-state index contributed by atoms with van der Waals surface area (Å²) in [6.07, 6.45) is 3.42. The zero-order valence-corrected chi connectivity index (χ0v) is 13.4. The molecule has 0 saturated carbocycles. The van der Waals surface area contributed by atoms with Crippen molar-refractivity contribution in [1.82, 2.24) is 24.8 Å². The minimum absolute atomic E-state index is 0.327. The summed E-state index contributed by atoms with van der Waals surface area (Å²) in [6.45, 7) is 5.10. The number of amides is 1. The summed E-state index contributed by atoms with van der Waals surface area (Å²) >= 11 is 0. The molecule has 24 heavy (non-hydrogen) atoms. The van der Waals surface area contributed by atoms with Crippen LogP contribution in [0.2, 0.25) is 0 Å². The van der Waals surface area contributed by atoms with Gasteiger partial charge in [0.15, 0.2) is 11.5 Å². The SMILES string of the molecule is Cc1cnc(CN2CCCN(C(=O)c3ncc(F)cc3F)CC2)[nH]1. The number of hydrogen-bond acceptors (Lipinski definition) is 4. The summed E-state index contributed by atoms with van der Waals surface area (Å²) < 4.78 is 26.7. The summed E-state index contributed by atoms with van der Waals surface area (Å²) in [7, 11) is 0. The van der Waals surface area contributed by atoms with Crippen LogP contribution in [0.5, 0.6) is 0 Å². The van der Waals surface area contributed by atoms with Gasteiger partial charge in [0.1, 0.15) is 11.6 Å². The molecule has 1 aliphatic rings. The first kappa shape index (κ1) is 16.5. The Morgan fingerprint density at radius 1 is 1.21 bits per heavy atom. The number of nitrogens with one attached hydrogen (secondary N) is 1. The molecule has 0 radical (unpaired) electrons. The zero-order chi connectivity index (χ0) is 17.1. The Kier molecular flexibility index (Phi) is 4.84. The van der Waals surface area contributed by atoms with Gasteiger partial charge in [-0.1, -0.05) is 0 Å². The van der Waals surface area contributed by atoms with Crippen LogP contribution in [-0.4, -0.2) is 56.8 Å².